The van der Waals surface area contributed by atoms with Crippen LogP contribution >= 0.6 is 0 Å². The van der Waals surface area contributed by atoms with Crippen LogP contribution in [-0.4, -0.2) is 44.3 Å². The topological polar surface area (TPSA) is 127 Å². The number of nitrogens with one attached hydrogen (secondary N) is 2. The fraction of sp³-hybridized carbons (Fsp3) is 0.600. The zero-order chi connectivity index (χ0) is 14.6. The van der Waals surface area contributed by atoms with Crippen molar-refractivity contribution in [3.8, 4) is 0 Å². The maximum absolute atomic E-state index is 11.9. The molecule has 0 saturated carbocycles. The number of rotatable bonds is 6. The SMILES string of the molecule is COCCC(C)NC(=O)c1n[nH]c(C)c1S(N)(=O)=O. The van der Waals surface area contributed by atoms with Gasteiger partial charge in [-0.15, -0.1) is 0 Å². The van der Waals surface area contributed by atoms with Crippen LogP contribution in [0.4, 0.5) is 0 Å². The van der Waals surface area contributed by atoms with E-state index >= 15 is 0 Å². The monoisotopic (exact) mass is 290 g/mol. The van der Waals surface area contributed by atoms with Crippen LogP contribution in [0, 0.1) is 6.92 Å². The molecule has 4 N–H and O–H groups in total. The Morgan fingerprint density at radius 3 is 2.74 bits per heavy atom. The predicted octanol–water partition coefficient (Wildman–Crippen LogP) is -0.480. The van der Waals surface area contributed by atoms with Crippen molar-refractivity contribution >= 4 is 15.9 Å². The number of hydrogen-bond acceptors (Lipinski definition) is 5. The molecule has 8 nitrogen and oxygen atoms in total. The number of carbonyl (C=O) groups is 1. The summed E-state index contributed by atoms with van der Waals surface area (Å²) in [7, 11) is -2.44. The molecule has 0 fully saturated rings. The van der Waals surface area contributed by atoms with Gasteiger partial charge >= 0.3 is 0 Å². The summed E-state index contributed by atoms with van der Waals surface area (Å²) in [5, 5.41) is 13.8. The van der Waals surface area contributed by atoms with Crippen molar-refractivity contribution in [2.24, 2.45) is 5.14 Å². The molecule has 0 spiro atoms. The number of sulfonamides is 1. The maximum atomic E-state index is 11.9. The zero-order valence-corrected chi connectivity index (χ0v) is 11.9. The van der Waals surface area contributed by atoms with Crippen LogP contribution in [0.5, 0.6) is 0 Å². The van der Waals surface area contributed by atoms with Gasteiger partial charge in [-0.3, -0.25) is 9.89 Å². The Labute approximate surface area is 111 Å². The molecule has 0 bridgehead atoms. The number of aryl methyl sites for hydroxylation is 1. The number of nitrogens with two attached hydrogens (primary N) is 1. The minimum atomic E-state index is -4.00. The summed E-state index contributed by atoms with van der Waals surface area (Å²) in [6.45, 7) is 3.76. The molecule has 0 aliphatic carbocycles. The molecule has 0 saturated heterocycles. The Kier molecular flexibility index (Phi) is 5.04. The van der Waals surface area contributed by atoms with Crippen LogP contribution < -0.4 is 10.5 Å². The van der Waals surface area contributed by atoms with E-state index in [0.717, 1.165) is 0 Å². The molecule has 1 amide bonds. The number of carbonyl (C=O) groups excluding carboxylic acids is 1. The van der Waals surface area contributed by atoms with Gasteiger partial charge in [-0.25, -0.2) is 13.6 Å². The Bertz CT molecular complexity index is 552. The molecule has 108 valence electrons. The lowest BCUT2D eigenvalue weighted by molar-refractivity contribution is 0.0921. The first-order valence-corrected chi connectivity index (χ1v) is 7.19. The van der Waals surface area contributed by atoms with Crippen LogP contribution in [-0.2, 0) is 14.8 Å². The molecule has 0 aliphatic rings. The fourth-order valence-corrected chi connectivity index (χ4v) is 2.46. The van der Waals surface area contributed by atoms with Crippen LogP contribution in [0.1, 0.15) is 29.5 Å². The van der Waals surface area contributed by atoms with Crippen LogP contribution in [0.25, 0.3) is 0 Å². The highest BCUT2D eigenvalue weighted by molar-refractivity contribution is 7.89. The normalized spacial score (nSPS) is 13.3. The summed E-state index contributed by atoms with van der Waals surface area (Å²) < 4.78 is 27.7. The molecule has 1 atom stereocenters. The molecule has 0 aromatic carbocycles. The first-order valence-electron chi connectivity index (χ1n) is 5.65. The van der Waals surface area contributed by atoms with E-state index in [1.807, 2.05) is 0 Å². The molecule has 0 radical (unpaired) electrons. The van der Waals surface area contributed by atoms with Crippen molar-refractivity contribution in [3.63, 3.8) is 0 Å². The van der Waals surface area contributed by atoms with Crippen molar-refractivity contribution in [1.82, 2.24) is 15.5 Å². The average Bonchev–Trinajstić information content (AvgIpc) is 2.68. The number of primary sulfonamides is 1. The molecule has 0 aliphatic heterocycles. The second-order valence-corrected chi connectivity index (χ2v) is 5.73. The minimum absolute atomic E-state index is 0.169. The quantitative estimate of drug-likeness (QED) is 0.652. The van der Waals surface area contributed by atoms with E-state index in [1.54, 1.807) is 14.0 Å². The first kappa shape index (κ1) is 15.6. The third kappa shape index (κ3) is 4.01. The molecule has 1 aromatic rings. The van der Waals surface area contributed by atoms with Gasteiger partial charge in [-0.2, -0.15) is 5.10 Å². The predicted molar refractivity (Wildman–Crippen MR) is 68.1 cm³/mol. The van der Waals surface area contributed by atoms with Gasteiger partial charge in [0.05, 0.1) is 5.69 Å². The Balaban J connectivity index is 2.90. The van der Waals surface area contributed by atoms with Gasteiger partial charge in [0.1, 0.15) is 4.90 Å². The van der Waals surface area contributed by atoms with Gasteiger partial charge in [0, 0.05) is 19.8 Å². The van der Waals surface area contributed by atoms with Crippen LogP contribution in [0.15, 0.2) is 4.90 Å². The molecule has 1 aromatic heterocycles. The standard InChI is InChI=1S/C10H18N4O4S/c1-6(4-5-18-3)12-10(15)8-9(19(11,16)17)7(2)13-14-8/h6H,4-5H2,1-3H3,(H,12,15)(H,13,14)(H2,11,16,17). The van der Waals surface area contributed by atoms with E-state index in [0.29, 0.717) is 13.0 Å². The number of methoxy groups -OCH3 is 1. The molecular formula is C10H18N4O4S. The highest BCUT2D eigenvalue weighted by Gasteiger charge is 2.26. The summed E-state index contributed by atoms with van der Waals surface area (Å²) in [4.78, 5) is 11.7. The summed E-state index contributed by atoms with van der Waals surface area (Å²) >= 11 is 0. The van der Waals surface area contributed by atoms with Gasteiger partial charge in [0.2, 0.25) is 10.0 Å². The summed E-state index contributed by atoms with van der Waals surface area (Å²) in [6.07, 6.45) is 0.607. The number of aromatic amines is 1. The summed E-state index contributed by atoms with van der Waals surface area (Å²) in [5.41, 5.74) is 0.0152. The highest BCUT2D eigenvalue weighted by atomic mass is 32.2. The Morgan fingerprint density at radius 2 is 2.21 bits per heavy atom. The highest BCUT2D eigenvalue weighted by Crippen LogP contribution is 2.15. The van der Waals surface area contributed by atoms with E-state index < -0.39 is 15.9 Å². The molecule has 1 unspecified atom stereocenters. The molecular weight excluding hydrogens is 272 g/mol. The number of nitrogens with zero attached hydrogens (tertiary/aromatic N) is 1. The number of amides is 1. The number of hydrogen-bond donors (Lipinski definition) is 3. The fourth-order valence-electron chi connectivity index (χ4n) is 1.58. The second-order valence-electron chi connectivity index (χ2n) is 4.23. The number of aromatic nitrogens is 2. The van der Waals surface area contributed by atoms with Crippen molar-refractivity contribution in [2.75, 3.05) is 13.7 Å². The molecule has 1 rings (SSSR count). The van der Waals surface area contributed by atoms with E-state index in [4.69, 9.17) is 9.88 Å². The smallest absolute Gasteiger partial charge is 0.273 e. The lowest BCUT2D eigenvalue weighted by Gasteiger charge is -2.12. The van der Waals surface area contributed by atoms with E-state index in [9.17, 15) is 13.2 Å². The van der Waals surface area contributed by atoms with Crippen LogP contribution in [0.2, 0.25) is 0 Å². The molecule has 1 heterocycles. The van der Waals surface area contributed by atoms with Crippen molar-refractivity contribution < 1.29 is 17.9 Å². The van der Waals surface area contributed by atoms with Crippen molar-refractivity contribution in [3.05, 3.63) is 11.4 Å². The van der Waals surface area contributed by atoms with Gasteiger partial charge in [0.25, 0.3) is 5.91 Å². The van der Waals surface area contributed by atoms with E-state index in [1.165, 1.54) is 6.92 Å². The lowest BCUT2D eigenvalue weighted by atomic mass is 10.2. The molecule has 9 heteroatoms. The van der Waals surface area contributed by atoms with Gasteiger partial charge < -0.3 is 10.1 Å². The largest absolute Gasteiger partial charge is 0.385 e. The van der Waals surface area contributed by atoms with Gasteiger partial charge in [-0.05, 0) is 20.3 Å². The van der Waals surface area contributed by atoms with E-state index in [-0.39, 0.29) is 22.3 Å². The minimum Gasteiger partial charge on any atom is -0.385 e. The third-order valence-electron chi connectivity index (χ3n) is 2.52. The zero-order valence-electron chi connectivity index (χ0n) is 11.1. The lowest BCUT2D eigenvalue weighted by Crippen LogP contribution is -2.34. The molecule has 19 heavy (non-hydrogen) atoms. The van der Waals surface area contributed by atoms with Gasteiger partial charge in [0.15, 0.2) is 5.69 Å². The first-order chi connectivity index (χ1) is 8.77. The summed E-state index contributed by atoms with van der Waals surface area (Å²) in [5.74, 6) is -0.586. The average molecular weight is 290 g/mol. The van der Waals surface area contributed by atoms with Crippen molar-refractivity contribution in [2.45, 2.75) is 31.2 Å². The van der Waals surface area contributed by atoms with E-state index in [2.05, 4.69) is 15.5 Å². The number of H-pyrrole nitrogens is 1. The Morgan fingerprint density at radius 1 is 1.58 bits per heavy atom. The van der Waals surface area contributed by atoms with Crippen molar-refractivity contribution in [1.29, 1.82) is 0 Å². The summed E-state index contributed by atoms with van der Waals surface area (Å²) in [6, 6.07) is -0.169. The van der Waals surface area contributed by atoms with Gasteiger partial charge in [-0.1, -0.05) is 0 Å². The maximum Gasteiger partial charge on any atom is 0.273 e. The second kappa shape index (κ2) is 6.13. The van der Waals surface area contributed by atoms with Crippen LogP contribution in [0.3, 0.4) is 0 Å². The third-order valence-corrected chi connectivity index (χ3v) is 3.59. The number of ether oxygens (including phenoxy) is 1. The Hall–Kier alpha value is -1.45.